The normalized spacial score (nSPS) is 18.7. The Bertz CT molecular complexity index is 691. The number of hydrogen-bond acceptors (Lipinski definition) is 3. The predicted molar refractivity (Wildman–Crippen MR) is 84.0 cm³/mol. The molecule has 104 valence electrons. The largest absolute Gasteiger partial charge is 0.369 e. The number of halogens is 2. The summed E-state index contributed by atoms with van der Waals surface area (Å²) in [4.78, 5) is 17.9. The number of fused-ring (bicyclic) bond motifs is 1. The Kier molecular flexibility index (Phi) is 3.56. The highest BCUT2D eigenvalue weighted by atomic mass is 79.9. The molecule has 1 aliphatic heterocycles. The highest BCUT2D eigenvalue weighted by molar-refractivity contribution is 9.10. The molecule has 1 aliphatic rings. The molecule has 0 bridgehead atoms. The molecule has 20 heavy (non-hydrogen) atoms. The Morgan fingerprint density at radius 3 is 2.95 bits per heavy atom. The molecule has 0 spiro atoms. The van der Waals surface area contributed by atoms with E-state index in [0.29, 0.717) is 11.6 Å². The number of nitrogens with two attached hydrogens (primary N) is 1. The molecule has 1 atom stereocenters. The van der Waals surface area contributed by atoms with E-state index >= 15 is 0 Å². The van der Waals surface area contributed by atoms with Crippen molar-refractivity contribution in [2.75, 3.05) is 18.0 Å². The van der Waals surface area contributed by atoms with Crippen LogP contribution in [0, 0.1) is 5.92 Å². The molecule has 0 saturated carbocycles. The summed E-state index contributed by atoms with van der Waals surface area (Å²) in [5, 5.41) is 1.60. The topological polar surface area (TPSA) is 59.2 Å². The first-order valence-corrected chi connectivity index (χ1v) is 7.52. The average Bonchev–Trinajstić information content (AvgIpc) is 2.88. The number of carbonyl (C=O) groups excluding carboxylic acids is 1. The van der Waals surface area contributed by atoms with E-state index in [2.05, 4.69) is 25.8 Å². The van der Waals surface area contributed by atoms with Crippen molar-refractivity contribution in [3.63, 3.8) is 0 Å². The maximum atomic E-state index is 11.2. The van der Waals surface area contributed by atoms with E-state index < -0.39 is 0 Å². The Labute approximate surface area is 130 Å². The van der Waals surface area contributed by atoms with E-state index in [1.807, 2.05) is 24.3 Å². The van der Waals surface area contributed by atoms with Gasteiger partial charge in [-0.3, -0.25) is 4.79 Å². The van der Waals surface area contributed by atoms with E-state index in [9.17, 15) is 4.79 Å². The van der Waals surface area contributed by atoms with Gasteiger partial charge in [0, 0.05) is 22.9 Å². The fourth-order valence-electron chi connectivity index (χ4n) is 2.52. The summed E-state index contributed by atoms with van der Waals surface area (Å²) < 4.78 is 0.930. The standard InChI is InChI=1S/C14H13BrClN3O/c15-10-5-8-1-2-12(18-13(8)11(16)6-10)19-4-3-9(7-19)14(17)20/h1-2,5-6,9H,3-4,7H2,(H2,17,20). The Morgan fingerprint density at radius 2 is 2.25 bits per heavy atom. The number of anilines is 1. The lowest BCUT2D eigenvalue weighted by Gasteiger charge is -2.17. The van der Waals surface area contributed by atoms with Crippen molar-refractivity contribution < 1.29 is 4.79 Å². The fourth-order valence-corrected chi connectivity index (χ4v) is 3.40. The lowest BCUT2D eigenvalue weighted by atomic mass is 10.1. The smallest absolute Gasteiger partial charge is 0.222 e. The third-order valence-corrected chi connectivity index (χ3v) is 4.36. The fraction of sp³-hybridized carbons (Fsp3) is 0.286. The molecule has 0 aliphatic carbocycles. The molecular weight excluding hydrogens is 342 g/mol. The zero-order valence-corrected chi connectivity index (χ0v) is 13.0. The molecule has 4 nitrogen and oxygen atoms in total. The molecule has 0 radical (unpaired) electrons. The minimum Gasteiger partial charge on any atom is -0.369 e. The van der Waals surface area contributed by atoms with Crippen LogP contribution in [0.25, 0.3) is 10.9 Å². The molecule has 2 N–H and O–H groups in total. The first kappa shape index (κ1) is 13.6. The van der Waals surface area contributed by atoms with Crippen LogP contribution in [0.3, 0.4) is 0 Å². The summed E-state index contributed by atoms with van der Waals surface area (Å²) in [5.41, 5.74) is 6.13. The van der Waals surface area contributed by atoms with Gasteiger partial charge < -0.3 is 10.6 Å². The second kappa shape index (κ2) is 5.22. The number of amides is 1. The van der Waals surface area contributed by atoms with Crippen molar-refractivity contribution in [3.05, 3.63) is 33.8 Å². The Hall–Kier alpha value is -1.33. The monoisotopic (exact) mass is 353 g/mol. The van der Waals surface area contributed by atoms with Gasteiger partial charge in [0.1, 0.15) is 5.82 Å². The van der Waals surface area contributed by atoms with Crippen LogP contribution in [0.15, 0.2) is 28.7 Å². The molecule has 3 rings (SSSR count). The zero-order valence-electron chi connectivity index (χ0n) is 10.6. The third kappa shape index (κ3) is 2.47. The maximum absolute atomic E-state index is 11.2. The number of rotatable bonds is 2. The Balaban J connectivity index is 1.96. The molecule has 2 heterocycles. The second-order valence-corrected chi connectivity index (χ2v) is 6.29. The van der Waals surface area contributed by atoms with Crippen molar-refractivity contribution in [2.24, 2.45) is 11.7 Å². The van der Waals surface area contributed by atoms with Crippen molar-refractivity contribution in [1.29, 1.82) is 0 Å². The van der Waals surface area contributed by atoms with Gasteiger partial charge in [0.25, 0.3) is 0 Å². The highest BCUT2D eigenvalue weighted by Crippen LogP contribution is 2.30. The van der Waals surface area contributed by atoms with Crippen LogP contribution in [0.2, 0.25) is 5.02 Å². The van der Waals surface area contributed by atoms with Crippen LogP contribution >= 0.6 is 27.5 Å². The zero-order chi connectivity index (χ0) is 14.3. The Morgan fingerprint density at radius 1 is 1.45 bits per heavy atom. The average molecular weight is 355 g/mol. The number of hydrogen-bond donors (Lipinski definition) is 1. The molecule has 1 unspecified atom stereocenters. The number of nitrogens with zero attached hydrogens (tertiary/aromatic N) is 2. The van der Waals surface area contributed by atoms with Gasteiger partial charge in [-0.15, -0.1) is 0 Å². The van der Waals surface area contributed by atoms with Gasteiger partial charge >= 0.3 is 0 Å². The lowest BCUT2D eigenvalue weighted by molar-refractivity contribution is -0.121. The van der Waals surface area contributed by atoms with Gasteiger partial charge in [0.05, 0.1) is 16.5 Å². The second-order valence-electron chi connectivity index (χ2n) is 4.96. The molecule has 1 aromatic carbocycles. The lowest BCUT2D eigenvalue weighted by Crippen LogP contribution is -2.27. The molecule has 1 amide bonds. The van der Waals surface area contributed by atoms with Crippen LogP contribution in [0.5, 0.6) is 0 Å². The predicted octanol–water partition coefficient (Wildman–Crippen LogP) is 2.96. The van der Waals surface area contributed by atoms with Crippen LogP contribution in [0.1, 0.15) is 6.42 Å². The summed E-state index contributed by atoms with van der Waals surface area (Å²) in [5.74, 6) is 0.508. The quantitative estimate of drug-likeness (QED) is 0.902. The van der Waals surface area contributed by atoms with Gasteiger partial charge in [-0.2, -0.15) is 0 Å². The van der Waals surface area contributed by atoms with Crippen molar-refractivity contribution in [1.82, 2.24) is 4.98 Å². The van der Waals surface area contributed by atoms with Crippen molar-refractivity contribution >= 4 is 50.2 Å². The van der Waals surface area contributed by atoms with E-state index in [0.717, 1.165) is 34.2 Å². The van der Waals surface area contributed by atoms with Gasteiger partial charge in [0.15, 0.2) is 0 Å². The highest BCUT2D eigenvalue weighted by Gasteiger charge is 2.27. The summed E-state index contributed by atoms with van der Waals surface area (Å²) in [6, 6.07) is 7.76. The van der Waals surface area contributed by atoms with E-state index in [1.165, 1.54) is 0 Å². The summed E-state index contributed by atoms with van der Waals surface area (Å²) in [7, 11) is 0. The van der Waals surface area contributed by atoms with E-state index in [1.54, 1.807) is 0 Å². The maximum Gasteiger partial charge on any atom is 0.222 e. The van der Waals surface area contributed by atoms with E-state index in [4.69, 9.17) is 17.3 Å². The van der Waals surface area contributed by atoms with Gasteiger partial charge in [0.2, 0.25) is 5.91 Å². The minimum absolute atomic E-state index is 0.0899. The molecular formula is C14H13BrClN3O. The van der Waals surface area contributed by atoms with Crippen LogP contribution in [-0.4, -0.2) is 24.0 Å². The van der Waals surface area contributed by atoms with Gasteiger partial charge in [-0.05, 0) is 30.7 Å². The van der Waals surface area contributed by atoms with Crippen LogP contribution in [-0.2, 0) is 4.79 Å². The summed E-state index contributed by atoms with van der Waals surface area (Å²) in [6.45, 7) is 1.42. The summed E-state index contributed by atoms with van der Waals surface area (Å²) >= 11 is 9.65. The number of primary amides is 1. The molecule has 6 heteroatoms. The van der Waals surface area contributed by atoms with Gasteiger partial charge in [-0.25, -0.2) is 4.98 Å². The molecule has 1 saturated heterocycles. The van der Waals surface area contributed by atoms with Gasteiger partial charge in [-0.1, -0.05) is 27.5 Å². The SMILES string of the molecule is NC(=O)C1CCN(c2ccc3cc(Br)cc(Cl)c3n2)C1. The molecule has 1 aromatic heterocycles. The molecule has 2 aromatic rings. The van der Waals surface area contributed by atoms with Crippen LogP contribution in [0.4, 0.5) is 5.82 Å². The minimum atomic E-state index is -0.241. The first-order valence-electron chi connectivity index (χ1n) is 6.34. The van der Waals surface area contributed by atoms with Crippen molar-refractivity contribution in [3.8, 4) is 0 Å². The van der Waals surface area contributed by atoms with Crippen LogP contribution < -0.4 is 10.6 Å². The third-order valence-electron chi connectivity index (χ3n) is 3.61. The number of carbonyl (C=O) groups is 1. The van der Waals surface area contributed by atoms with Crippen molar-refractivity contribution in [2.45, 2.75) is 6.42 Å². The first-order chi connectivity index (χ1) is 9.54. The summed E-state index contributed by atoms with van der Waals surface area (Å²) in [6.07, 6.45) is 0.781. The number of pyridine rings is 1. The van der Waals surface area contributed by atoms with E-state index in [-0.39, 0.29) is 11.8 Å². The number of benzene rings is 1. The number of aromatic nitrogens is 1. The molecule has 1 fully saturated rings.